The Morgan fingerprint density at radius 2 is 1.74 bits per heavy atom. The van der Waals surface area contributed by atoms with Crippen molar-refractivity contribution in [2.75, 3.05) is 33.1 Å². The number of Topliss-reactive ketones (excluding diaryl/α,β-unsaturated/α-hetero) is 2. The number of aromatic hydroxyl groups is 1. The second kappa shape index (κ2) is 9.69. The second-order valence-corrected chi connectivity index (χ2v) is 10.9. The summed E-state index contributed by atoms with van der Waals surface area (Å²) < 4.78 is 0. The molecule has 3 aliphatic carbocycles. The van der Waals surface area contributed by atoms with E-state index in [1.54, 1.807) is 39.2 Å². The fourth-order valence-corrected chi connectivity index (χ4v) is 6.39. The zero-order valence-corrected chi connectivity index (χ0v) is 22.3. The number of hydrogen-bond acceptors (Lipinski definition) is 10. The third kappa shape index (κ3) is 4.14. The SMILES string of the molecule is CN(C)c1cc(CCCC(N)=O)c(O)c2c1C[C@H]1C[C@H]3[C@H](N(C)C)C(=O)C(C(N)=O)=C(O)[C@@]3(O)C(=O)C1=C2O. The molecule has 0 heterocycles. The summed E-state index contributed by atoms with van der Waals surface area (Å²) in [5, 5.41) is 45.3. The Morgan fingerprint density at radius 1 is 1.10 bits per heavy atom. The van der Waals surface area contributed by atoms with Crippen LogP contribution in [0.3, 0.4) is 0 Å². The highest BCUT2D eigenvalue weighted by Crippen LogP contribution is 2.54. The molecule has 12 nitrogen and oxygen atoms in total. The van der Waals surface area contributed by atoms with E-state index >= 15 is 0 Å². The van der Waals surface area contributed by atoms with Gasteiger partial charge in [0.1, 0.15) is 22.8 Å². The molecule has 2 amide bonds. The molecule has 0 unspecified atom stereocenters. The van der Waals surface area contributed by atoms with Gasteiger partial charge in [0.25, 0.3) is 5.91 Å². The minimum absolute atomic E-state index is 0.0136. The van der Waals surface area contributed by atoms with Crippen LogP contribution in [-0.4, -0.2) is 88.5 Å². The highest BCUT2D eigenvalue weighted by Gasteiger charge is 2.64. The standard InChI is InChI=1S/C27H34N4O8/c1-30(2)15-10-11(6-5-7-16(28)32)21(33)18-13(15)8-12-9-14-20(31(3)4)23(35)19(26(29)38)25(37)27(14,39)24(36)17(12)22(18)34/h10,12,14,20,33-34,37,39H,5-9H2,1-4H3,(H2,28,32)(H2,29,38)/t12-,14-,20-,27-/m0/s1. The Balaban J connectivity index is 1.94. The van der Waals surface area contributed by atoms with E-state index in [9.17, 15) is 39.6 Å². The first kappa shape index (κ1) is 28.1. The topological polar surface area (TPSA) is 208 Å². The molecule has 1 fully saturated rings. The Hall–Kier alpha value is -3.90. The number of benzene rings is 1. The molecule has 0 spiro atoms. The van der Waals surface area contributed by atoms with Crippen molar-refractivity contribution in [3.63, 3.8) is 0 Å². The van der Waals surface area contributed by atoms with Crippen LogP contribution in [-0.2, 0) is 32.0 Å². The van der Waals surface area contributed by atoms with Crippen LogP contribution in [0.1, 0.15) is 36.0 Å². The number of hydrogen-bond donors (Lipinski definition) is 6. The minimum atomic E-state index is -2.69. The van der Waals surface area contributed by atoms with E-state index < -0.39 is 64.0 Å². The quantitative estimate of drug-likeness (QED) is 0.251. The van der Waals surface area contributed by atoms with Crippen LogP contribution >= 0.6 is 0 Å². The third-order valence-corrected chi connectivity index (χ3v) is 8.13. The molecule has 4 atom stereocenters. The van der Waals surface area contributed by atoms with Gasteiger partial charge in [0.05, 0.1) is 11.6 Å². The van der Waals surface area contributed by atoms with Crippen LogP contribution in [0.5, 0.6) is 5.75 Å². The highest BCUT2D eigenvalue weighted by molar-refractivity contribution is 6.24. The molecule has 0 saturated heterocycles. The number of nitrogens with zero attached hydrogens (tertiary/aromatic N) is 2. The van der Waals surface area contributed by atoms with Gasteiger partial charge in [-0.15, -0.1) is 0 Å². The number of phenols is 1. The summed E-state index contributed by atoms with van der Waals surface area (Å²) >= 11 is 0. The van der Waals surface area contributed by atoms with E-state index in [-0.39, 0.29) is 42.6 Å². The van der Waals surface area contributed by atoms with Crippen LogP contribution in [0.4, 0.5) is 5.69 Å². The van der Waals surface area contributed by atoms with Crippen molar-refractivity contribution < 1.29 is 39.6 Å². The predicted molar refractivity (Wildman–Crippen MR) is 141 cm³/mol. The van der Waals surface area contributed by atoms with Crippen molar-refractivity contribution in [1.82, 2.24) is 4.90 Å². The number of carbonyl (C=O) groups excluding carboxylic acids is 4. The average Bonchev–Trinajstić information content (AvgIpc) is 2.81. The number of likely N-dealkylation sites (N-methyl/N-ethyl adjacent to an activating group) is 1. The summed E-state index contributed by atoms with van der Waals surface area (Å²) in [5.74, 6) is -7.39. The number of anilines is 1. The molecule has 39 heavy (non-hydrogen) atoms. The lowest BCUT2D eigenvalue weighted by Crippen LogP contribution is -2.65. The van der Waals surface area contributed by atoms with Gasteiger partial charge >= 0.3 is 0 Å². The van der Waals surface area contributed by atoms with Gasteiger partial charge in [0.2, 0.25) is 11.7 Å². The first-order chi connectivity index (χ1) is 18.1. The Kier molecular flexibility index (Phi) is 6.98. The lowest BCUT2D eigenvalue weighted by Gasteiger charge is -2.50. The number of nitrogens with two attached hydrogens (primary N) is 2. The first-order valence-corrected chi connectivity index (χ1v) is 12.6. The Bertz CT molecular complexity index is 1360. The van der Waals surface area contributed by atoms with Crippen LogP contribution in [0.2, 0.25) is 0 Å². The van der Waals surface area contributed by atoms with Crippen LogP contribution in [0.25, 0.3) is 5.76 Å². The number of carbonyl (C=O) groups is 4. The maximum Gasteiger partial charge on any atom is 0.255 e. The van der Waals surface area contributed by atoms with Crippen molar-refractivity contribution >= 4 is 34.8 Å². The lowest BCUT2D eigenvalue weighted by molar-refractivity contribution is -0.153. The molecule has 1 aromatic carbocycles. The largest absolute Gasteiger partial charge is 0.508 e. The first-order valence-electron chi connectivity index (χ1n) is 12.6. The molecular formula is C27H34N4O8. The zero-order valence-electron chi connectivity index (χ0n) is 22.3. The molecule has 0 aromatic heterocycles. The lowest BCUT2D eigenvalue weighted by atomic mass is 9.57. The van der Waals surface area contributed by atoms with Gasteiger partial charge < -0.3 is 36.8 Å². The molecule has 1 aromatic rings. The van der Waals surface area contributed by atoms with Crippen molar-refractivity contribution in [3.8, 4) is 5.75 Å². The molecule has 0 bridgehead atoms. The van der Waals surface area contributed by atoms with Gasteiger partial charge in [-0.1, -0.05) is 0 Å². The molecule has 0 radical (unpaired) electrons. The van der Waals surface area contributed by atoms with Crippen molar-refractivity contribution in [2.45, 2.75) is 43.7 Å². The summed E-state index contributed by atoms with van der Waals surface area (Å²) in [6.07, 6.45) is 0.919. The van der Waals surface area contributed by atoms with Crippen LogP contribution in [0.15, 0.2) is 23.0 Å². The molecular weight excluding hydrogens is 508 g/mol. The van der Waals surface area contributed by atoms with E-state index in [1.165, 1.54) is 4.90 Å². The van der Waals surface area contributed by atoms with Crippen molar-refractivity contribution in [1.29, 1.82) is 0 Å². The smallest absolute Gasteiger partial charge is 0.255 e. The van der Waals surface area contributed by atoms with E-state index in [4.69, 9.17) is 11.5 Å². The highest BCUT2D eigenvalue weighted by atomic mass is 16.3. The number of fused-ring (bicyclic) bond motifs is 3. The summed E-state index contributed by atoms with van der Waals surface area (Å²) in [4.78, 5) is 53.7. The average molecular weight is 543 g/mol. The predicted octanol–water partition coefficient (Wildman–Crippen LogP) is -0.162. The molecule has 3 aliphatic rings. The van der Waals surface area contributed by atoms with Crippen molar-refractivity contribution in [3.05, 3.63) is 39.7 Å². The maximum absolute atomic E-state index is 14.0. The third-order valence-electron chi connectivity index (χ3n) is 8.13. The molecule has 8 N–H and O–H groups in total. The van der Waals surface area contributed by atoms with E-state index in [2.05, 4.69) is 0 Å². The second-order valence-electron chi connectivity index (χ2n) is 10.9. The Morgan fingerprint density at radius 3 is 2.28 bits per heavy atom. The van der Waals surface area contributed by atoms with Gasteiger partial charge in [0.15, 0.2) is 11.4 Å². The van der Waals surface area contributed by atoms with Gasteiger partial charge in [-0.25, -0.2) is 0 Å². The number of amides is 2. The number of rotatable bonds is 7. The molecule has 210 valence electrons. The van der Waals surface area contributed by atoms with Crippen molar-refractivity contribution in [2.24, 2.45) is 23.3 Å². The van der Waals surface area contributed by atoms with E-state index in [0.29, 0.717) is 23.2 Å². The molecule has 0 aliphatic heterocycles. The number of aliphatic hydroxyl groups excluding tert-OH is 2. The summed E-state index contributed by atoms with van der Waals surface area (Å²) in [7, 11) is 6.68. The number of aliphatic hydroxyl groups is 3. The monoisotopic (exact) mass is 542 g/mol. The van der Waals surface area contributed by atoms with Gasteiger partial charge in [0, 0.05) is 37.7 Å². The fourth-order valence-electron chi connectivity index (χ4n) is 6.39. The number of aryl methyl sites for hydroxylation is 1. The summed E-state index contributed by atoms with van der Waals surface area (Å²) in [6.45, 7) is 0. The number of phenolic OH excluding ortho intramolecular Hbond substituents is 1. The number of ketones is 2. The number of primary amides is 2. The van der Waals surface area contributed by atoms with Gasteiger partial charge in [-0.3, -0.25) is 24.1 Å². The molecule has 4 rings (SSSR count). The maximum atomic E-state index is 14.0. The summed E-state index contributed by atoms with van der Waals surface area (Å²) in [5.41, 5.74) is 8.54. The molecule has 1 saturated carbocycles. The van der Waals surface area contributed by atoms with E-state index in [1.807, 2.05) is 0 Å². The fraction of sp³-hybridized carbons (Fsp3) is 0.481. The molecule has 12 heteroatoms. The minimum Gasteiger partial charge on any atom is -0.508 e. The van der Waals surface area contributed by atoms with E-state index in [0.717, 1.165) is 0 Å². The van der Waals surface area contributed by atoms with Crippen LogP contribution in [0, 0.1) is 11.8 Å². The zero-order chi connectivity index (χ0) is 29.1. The van der Waals surface area contributed by atoms with Gasteiger partial charge in [-0.05, 0) is 62.9 Å². The normalized spacial score (nSPS) is 26.4. The summed E-state index contributed by atoms with van der Waals surface area (Å²) in [6, 6.07) is 0.617. The van der Waals surface area contributed by atoms with Crippen LogP contribution < -0.4 is 16.4 Å². The van der Waals surface area contributed by atoms with Gasteiger partial charge in [-0.2, -0.15) is 0 Å². The Labute approximate surface area is 225 Å².